The topological polar surface area (TPSA) is 84.6 Å². The van der Waals surface area contributed by atoms with Gasteiger partial charge in [0.1, 0.15) is 12.4 Å². The van der Waals surface area contributed by atoms with E-state index in [1.54, 1.807) is 12.1 Å². The van der Waals surface area contributed by atoms with E-state index in [1.165, 1.54) is 11.0 Å². The molecule has 8 nitrogen and oxygen atoms in total. The Labute approximate surface area is 192 Å². The summed E-state index contributed by atoms with van der Waals surface area (Å²) in [5.74, 6) is 0.373. The number of anilines is 1. The van der Waals surface area contributed by atoms with E-state index in [0.29, 0.717) is 18.0 Å². The van der Waals surface area contributed by atoms with Crippen molar-refractivity contribution in [3.8, 4) is 0 Å². The Morgan fingerprint density at radius 1 is 0.970 bits per heavy atom. The number of amides is 1. The summed E-state index contributed by atoms with van der Waals surface area (Å²) in [6.07, 6.45) is 3.25. The first-order chi connectivity index (χ1) is 16.2. The minimum Gasteiger partial charge on any atom is -0.365 e. The van der Waals surface area contributed by atoms with E-state index in [0.717, 1.165) is 37.1 Å². The van der Waals surface area contributed by atoms with Crippen LogP contribution in [0.3, 0.4) is 0 Å². The summed E-state index contributed by atoms with van der Waals surface area (Å²) in [6.45, 7) is 1.94. The van der Waals surface area contributed by atoms with Crippen molar-refractivity contribution in [3.05, 3.63) is 90.3 Å². The van der Waals surface area contributed by atoms with Crippen molar-refractivity contribution in [2.75, 3.05) is 25.0 Å². The van der Waals surface area contributed by atoms with Crippen molar-refractivity contribution in [1.82, 2.24) is 24.7 Å². The molecule has 1 N–H and O–H groups in total. The number of fused-ring (bicyclic) bond motifs is 1. The average Bonchev–Trinajstić information content (AvgIpc) is 3.32. The number of aromatic nitrogens is 4. The number of piperidine rings is 1. The Balaban J connectivity index is 1.16. The number of ether oxygens (including phenoxy) is 1. The SMILES string of the molecule is O=C(CN1CCC(OC(c2ccccc2)c2ccccc2)CC1)Nc1ccc2ncnn2n1. The minimum absolute atomic E-state index is 0.0900. The maximum absolute atomic E-state index is 12.5. The highest BCUT2D eigenvalue weighted by atomic mass is 16.5. The Hall–Kier alpha value is -3.62. The molecule has 1 amide bonds. The van der Waals surface area contributed by atoms with Crippen LogP contribution in [-0.2, 0) is 9.53 Å². The van der Waals surface area contributed by atoms with E-state index in [-0.39, 0.29) is 18.1 Å². The summed E-state index contributed by atoms with van der Waals surface area (Å²) >= 11 is 0. The third-order valence-corrected chi connectivity index (χ3v) is 5.85. The van der Waals surface area contributed by atoms with Gasteiger partial charge in [0.2, 0.25) is 5.91 Å². The Morgan fingerprint density at radius 2 is 1.64 bits per heavy atom. The number of nitrogens with one attached hydrogen (secondary N) is 1. The van der Waals surface area contributed by atoms with Gasteiger partial charge in [-0.05, 0) is 36.1 Å². The summed E-state index contributed by atoms with van der Waals surface area (Å²) in [6, 6.07) is 24.2. The lowest BCUT2D eigenvalue weighted by Crippen LogP contribution is -2.41. The molecule has 33 heavy (non-hydrogen) atoms. The molecule has 0 atom stereocenters. The number of hydrogen-bond donors (Lipinski definition) is 1. The van der Waals surface area contributed by atoms with Gasteiger partial charge in [0.15, 0.2) is 11.5 Å². The standard InChI is InChI=1S/C25H26N6O2/c32-24(28-22-11-12-23-26-18-27-31(23)29-22)17-30-15-13-21(14-16-30)33-25(19-7-3-1-4-8-19)20-9-5-2-6-10-20/h1-12,18,21,25H,13-17H2,(H,28,29,32). The predicted octanol–water partition coefficient (Wildman–Crippen LogP) is 3.33. The van der Waals surface area contributed by atoms with Crippen LogP contribution in [0.1, 0.15) is 30.1 Å². The number of nitrogens with zero attached hydrogens (tertiary/aromatic N) is 5. The van der Waals surface area contributed by atoms with Crippen molar-refractivity contribution in [3.63, 3.8) is 0 Å². The van der Waals surface area contributed by atoms with Crippen LogP contribution in [0.5, 0.6) is 0 Å². The Kier molecular flexibility index (Phi) is 6.37. The zero-order valence-electron chi connectivity index (χ0n) is 18.2. The first-order valence-electron chi connectivity index (χ1n) is 11.2. The molecule has 0 aliphatic carbocycles. The van der Waals surface area contributed by atoms with E-state index >= 15 is 0 Å². The molecule has 1 fully saturated rings. The highest BCUT2D eigenvalue weighted by Gasteiger charge is 2.25. The third kappa shape index (κ3) is 5.24. The fraction of sp³-hybridized carbons (Fsp3) is 0.280. The lowest BCUT2D eigenvalue weighted by Gasteiger charge is -2.33. The molecular weight excluding hydrogens is 416 g/mol. The van der Waals surface area contributed by atoms with Crippen LogP contribution < -0.4 is 5.32 Å². The second-order valence-electron chi connectivity index (χ2n) is 8.19. The summed E-state index contributed by atoms with van der Waals surface area (Å²) < 4.78 is 7.99. The van der Waals surface area contributed by atoms with E-state index in [9.17, 15) is 4.79 Å². The van der Waals surface area contributed by atoms with Gasteiger partial charge >= 0.3 is 0 Å². The highest BCUT2D eigenvalue weighted by Crippen LogP contribution is 2.29. The van der Waals surface area contributed by atoms with E-state index in [2.05, 4.69) is 49.7 Å². The summed E-state index contributed by atoms with van der Waals surface area (Å²) in [5.41, 5.74) is 2.95. The molecule has 1 aliphatic heterocycles. The zero-order valence-corrected chi connectivity index (χ0v) is 18.2. The average molecular weight is 443 g/mol. The second-order valence-corrected chi connectivity index (χ2v) is 8.19. The molecule has 0 spiro atoms. The first kappa shape index (κ1) is 21.2. The predicted molar refractivity (Wildman–Crippen MR) is 125 cm³/mol. The number of carbonyl (C=O) groups is 1. The van der Waals surface area contributed by atoms with Gasteiger partial charge in [0.05, 0.1) is 12.6 Å². The van der Waals surface area contributed by atoms with Crippen molar-refractivity contribution in [2.24, 2.45) is 0 Å². The number of rotatable bonds is 7. The molecule has 0 bridgehead atoms. The fourth-order valence-electron chi connectivity index (χ4n) is 4.17. The monoisotopic (exact) mass is 442 g/mol. The van der Waals surface area contributed by atoms with Gasteiger partial charge in [-0.3, -0.25) is 9.69 Å². The van der Waals surface area contributed by atoms with Crippen LogP contribution in [0.25, 0.3) is 5.65 Å². The lowest BCUT2D eigenvalue weighted by atomic mass is 10.00. The zero-order chi connectivity index (χ0) is 22.5. The smallest absolute Gasteiger partial charge is 0.239 e. The van der Waals surface area contributed by atoms with Crippen LogP contribution in [0.15, 0.2) is 79.1 Å². The van der Waals surface area contributed by atoms with E-state index in [1.807, 2.05) is 36.4 Å². The van der Waals surface area contributed by atoms with E-state index in [4.69, 9.17) is 4.74 Å². The maximum atomic E-state index is 12.5. The molecule has 8 heteroatoms. The van der Waals surface area contributed by atoms with Gasteiger partial charge in [-0.15, -0.1) is 14.8 Å². The normalized spacial score (nSPS) is 15.2. The minimum atomic E-state index is -0.0926. The molecule has 2 aromatic heterocycles. The maximum Gasteiger partial charge on any atom is 0.239 e. The van der Waals surface area contributed by atoms with Crippen LogP contribution in [0.4, 0.5) is 5.82 Å². The fourth-order valence-corrected chi connectivity index (χ4v) is 4.17. The summed E-state index contributed by atoms with van der Waals surface area (Å²) in [4.78, 5) is 18.7. The molecular formula is C25H26N6O2. The first-order valence-corrected chi connectivity index (χ1v) is 11.2. The van der Waals surface area contributed by atoms with Gasteiger partial charge in [-0.1, -0.05) is 60.7 Å². The van der Waals surface area contributed by atoms with Gasteiger partial charge in [-0.25, -0.2) is 4.98 Å². The number of carbonyl (C=O) groups excluding carboxylic acids is 1. The molecule has 3 heterocycles. The van der Waals surface area contributed by atoms with Crippen molar-refractivity contribution < 1.29 is 9.53 Å². The van der Waals surface area contributed by atoms with Crippen LogP contribution in [0, 0.1) is 0 Å². The quantitative estimate of drug-likeness (QED) is 0.473. The van der Waals surface area contributed by atoms with Gasteiger partial charge in [-0.2, -0.15) is 0 Å². The molecule has 1 saturated heterocycles. The molecule has 5 rings (SSSR count). The van der Waals surface area contributed by atoms with Crippen LogP contribution in [0.2, 0.25) is 0 Å². The van der Waals surface area contributed by atoms with Gasteiger partial charge < -0.3 is 10.1 Å². The van der Waals surface area contributed by atoms with Crippen molar-refractivity contribution >= 4 is 17.4 Å². The van der Waals surface area contributed by atoms with Crippen molar-refractivity contribution in [1.29, 1.82) is 0 Å². The van der Waals surface area contributed by atoms with Crippen LogP contribution in [-0.4, -0.2) is 56.4 Å². The van der Waals surface area contributed by atoms with Gasteiger partial charge in [0.25, 0.3) is 0 Å². The molecule has 168 valence electrons. The molecule has 4 aromatic rings. The van der Waals surface area contributed by atoms with Crippen LogP contribution >= 0.6 is 0 Å². The molecule has 1 aliphatic rings. The second kappa shape index (κ2) is 9.89. The van der Waals surface area contributed by atoms with Gasteiger partial charge in [0, 0.05) is 13.1 Å². The number of likely N-dealkylation sites (tertiary alicyclic amines) is 1. The Morgan fingerprint density at radius 3 is 2.30 bits per heavy atom. The summed E-state index contributed by atoms with van der Waals surface area (Å²) in [5, 5.41) is 11.1. The van der Waals surface area contributed by atoms with Crippen molar-refractivity contribution in [2.45, 2.75) is 25.0 Å². The molecule has 0 unspecified atom stereocenters. The van der Waals surface area contributed by atoms with E-state index < -0.39 is 0 Å². The highest BCUT2D eigenvalue weighted by molar-refractivity contribution is 5.91. The largest absolute Gasteiger partial charge is 0.365 e. The number of benzene rings is 2. The Bertz CT molecular complexity index is 1150. The third-order valence-electron chi connectivity index (χ3n) is 5.85. The molecule has 2 aromatic carbocycles. The molecule has 0 radical (unpaired) electrons. The summed E-state index contributed by atoms with van der Waals surface area (Å²) in [7, 11) is 0. The molecule has 0 saturated carbocycles. The lowest BCUT2D eigenvalue weighted by molar-refractivity contribution is -0.118. The number of hydrogen-bond acceptors (Lipinski definition) is 6.